The van der Waals surface area contributed by atoms with Gasteiger partial charge in [-0.3, -0.25) is 0 Å². The van der Waals surface area contributed by atoms with Gasteiger partial charge in [0.2, 0.25) is 0 Å². The minimum atomic E-state index is -1.05. The summed E-state index contributed by atoms with van der Waals surface area (Å²) in [4.78, 5) is 10.5. The Hall–Kier alpha value is -1.59. The molecule has 0 bridgehead atoms. The van der Waals surface area contributed by atoms with E-state index < -0.39 is 11.6 Å². The van der Waals surface area contributed by atoms with Crippen LogP contribution in [-0.2, 0) is 16.1 Å². The molecule has 0 saturated heterocycles. The van der Waals surface area contributed by atoms with E-state index in [1.54, 1.807) is 13.8 Å². The van der Waals surface area contributed by atoms with Crippen LogP contribution in [0.15, 0.2) is 30.3 Å². The Balaban J connectivity index is 2.07. The number of hydrogen-bond donors (Lipinski definition) is 2. The van der Waals surface area contributed by atoms with Crippen molar-refractivity contribution in [1.29, 1.82) is 0 Å². The van der Waals surface area contributed by atoms with E-state index in [0.29, 0.717) is 26.4 Å². The Morgan fingerprint density at radius 3 is 2.47 bits per heavy atom. The quantitative estimate of drug-likeness (QED) is 0.709. The average Bonchev–Trinajstić information content (AvgIpc) is 2.33. The Morgan fingerprint density at radius 2 is 1.84 bits per heavy atom. The minimum Gasteiger partial charge on any atom is -0.465 e. The van der Waals surface area contributed by atoms with Crippen molar-refractivity contribution >= 4 is 6.09 Å². The van der Waals surface area contributed by atoms with Crippen molar-refractivity contribution in [3.8, 4) is 0 Å². The Morgan fingerprint density at radius 1 is 1.21 bits per heavy atom. The molecular weight excluding hydrogens is 246 g/mol. The van der Waals surface area contributed by atoms with Crippen LogP contribution in [0.25, 0.3) is 0 Å². The van der Waals surface area contributed by atoms with E-state index >= 15 is 0 Å². The van der Waals surface area contributed by atoms with Gasteiger partial charge in [-0.1, -0.05) is 30.3 Å². The molecule has 0 unspecified atom stereocenters. The topological polar surface area (TPSA) is 67.8 Å². The Bertz CT molecular complexity index is 378. The van der Waals surface area contributed by atoms with Gasteiger partial charge < -0.3 is 19.9 Å². The molecule has 0 fully saturated rings. The maximum Gasteiger partial charge on any atom is 0.405 e. The number of ether oxygens (including phenoxy) is 2. The third-order valence-electron chi connectivity index (χ3n) is 2.39. The summed E-state index contributed by atoms with van der Waals surface area (Å²) in [5, 5.41) is 11.0. The lowest BCUT2D eigenvalue weighted by molar-refractivity contribution is 0.0213. The first-order valence-corrected chi connectivity index (χ1v) is 6.20. The summed E-state index contributed by atoms with van der Waals surface area (Å²) in [5.41, 5.74) is 0.529. The van der Waals surface area contributed by atoms with Gasteiger partial charge >= 0.3 is 6.09 Å². The normalized spacial score (nSPS) is 11.3. The van der Waals surface area contributed by atoms with Gasteiger partial charge in [-0.25, -0.2) is 4.79 Å². The fourth-order valence-corrected chi connectivity index (χ4v) is 1.53. The predicted molar refractivity (Wildman–Crippen MR) is 72.2 cm³/mol. The van der Waals surface area contributed by atoms with Gasteiger partial charge in [0.05, 0.1) is 32.0 Å². The predicted octanol–water partition coefficient (Wildman–Crippen LogP) is 2.27. The summed E-state index contributed by atoms with van der Waals surface area (Å²) < 4.78 is 10.8. The SMILES string of the molecule is CC(C)(COCCOCc1ccccc1)NC(=O)O. The molecule has 0 saturated carbocycles. The standard InChI is InChI=1S/C14H21NO4/c1-14(2,15-13(16)17)11-19-9-8-18-10-12-6-4-3-5-7-12/h3-7,15H,8-11H2,1-2H3,(H,16,17). The summed E-state index contributed by atoms with van der Waals surface area (Å²) in [5.74, 6) is 0. The molecule has 0 atom stereocenters. The fraction of sp³-hybridized carbons (Fsp3) is 0.500. The van der Waals surface area contributed by atoms with Gasteiger partial charge in [-0.15, -0.1) is 0 Å². The monoisotopic (exact) mass is 267 g/mol. The van der Waals surface area contributed by atoms with Crippen molar-refractivity contribution < 1.29 is 19.4 Å². The van der Waals surface area contributed by atoms with Gasteiger partial charge in [0.25, 0.3) is 0 Å². The number of benzene rings is 1. The lowest BCUT2D eigenvalue weighted by atomic mass is 10.1. The number of hydrogen-bond acceptors (Lipinski definition) is 3. The molecule has 1 aromatic carbocycles. The summed E-state index contributed by atoms with van der Waals surface area (Å²) in [7, 11) is 0. The first-order chi connectivity index (χ1) is 8.99. The Labute approximate surface area is 113 Å². The number of carboxylic acid groups (broad SMARTS) is 1. The number of rotatable bonds is 8. The third kappa shape index (κ3) is 7.43. The largest absolute Gasteiger partial charge is 0.465 e. The smallest absolute Gasteiger partial charge is 0.405 e. The van der Waals surface area contributed by atoms with E-state index in [2.05, 4.69) is 5.32 Å². The summed E-state index contributed by atoms with van der Waals surface area (Å²) in [6.07, 6.45) is -1.05. The molecular formula is C14H21NO4. The number of nitrogens with one attached hydrogen (secondary N) is 1. The molecule has 5 heteroatoms. The maximum atomic E-state index is 10.5. The summed E-state index contributed by atoms with van der Waals surface area (Å²) in [6.45, 7) is 5.34. The molecule has 0 aliphatic heterocycles. The molecule has 0 aromatic heterocycles. The zero-order chi connectivity index (χ0) is 14.1. The molecule has 0 aliphatic carbocycles. The van der Waals surface area contributed by atoms with Crippen LogP contribution in [0.5, 0.6) is 0 Å². The van der Waals surface area contributed by atoms with Crippen molar-refractivity contribution in [2.45, 2.75) is 26.0 Å². The van der Waals surface area contributed by atoms with E-state index in [-0.39, 0.29) is 0 Å². The third-order valence-corrected chi connectivity index (χ3v) is 2.39. The highest BCUT2D eigenvalue weighted by atomic mass is 16.5. The van der Waals surface area contributed by atoms with Gasteiger partial charge in [0.1, 0.15) is 0 Å². The summed E-state index contributed by atoms with van der Waals surface area (Å²) in [6, 6.07) is 9.90. The lowest BCUT2D eigenvalue weighted by Gasteiger charge is -2.24. The highest BCUT2D eigenvalue weighted by molar-refractivity contribution is 5.65. The van der Waals surface area contributed by atoms with Crippen LogP contribution in [0.1, 0.15) is 19.4 Å². The molecule has 0 radical (unpaired) electrons. The molecule has 19 heavy (non-hydrogen) atoms. The molecule has 0 spiro atoms. The van der Waals surface area contributed by atoms with Crippen LogP contribution in [-0.4, -0.2) is 36.6 Å². The number of amides is 1. The van der Waals surface area contributed by atoms with Crippen molar-refractivity contribution in [2.24, 2.45) is 0 Å². The van der Waals surface area contributed by atoms with E-state index in [4.69, 9.17) is 14.6 Å². The molecule has 0 aliphatic rings. The van der Waals surface area contributed by atoms with E-state index in [9.17, 15) is 4.79 Å². The Kier molecular flexibility index (Phi) is 6.32. The zero-order valence-corrected chi connectivity index (χ0v) is 11.4. The second kappa shape index (κ2) is 7.76. The van der Waals surface area contributed by atoms with Crippen LogP contribution in [0, 0.1) is 0 Å². The van der Waals surface area contributed by atoms with Crippen LogP contribution in [0.2, 0.25) is 0 Å². The second-order valence-corrected chi connectivity index (χ2v) is 4.90. The van der Waals surface area contributed by atoms with Crippen LogP contribution >= 0.6 is 0 Å². The molecule has 2 N–H and O–H groups in total. The zero-order valence-electron chi connectivity index (χ0n) is 11.4. The first-order valence-electron chi connectivity index (χ1n) is 6.20. The first kappa shape index (κ1) is 15.5. The minimum absolute atomic E-state index is 0.313. The van der Waals surface area contributed by atoms with Gasteiger partial charge in [-0.05, 0) is 19.4 Å². The second-order valence-electron chi connectivity index (χ2n) is 4.90. The van der Waals surface area contributed by atoms with E-state index in [1.807, 2.05) is 30.3 Å². The molecule has 1 aromatic rings. The summed E-state index contributed by atoms with van der Waals surface area (Å²) >= 11 is 0. The van der Waals surface area contributed by atoms with Crippen LogP contribution < -0.4 is 5.32 Å². The van der Waals surface area contributed by atoms with Crippen molar-refractivity contribution in [1.82, 2.24) is 5.32 Å². The molecule has 0 heterocycles. The van der Waals surface area contributed by atoms with E-state index in [0.717, 1.165) is 5.56 Å². The van der Waals surface area contributed by atoms with Crippen molar-refractivity contribution in [3.63, 3.8) is 0 Å². The van der Waals surface area contributed by atoms with Gasteiger partial charge in [0.15, 0.2) is 0 Å². The number of carbonyl (C=O) groups is 1. The molecule has 1 rings (SSSR count). The van der Waals surface area contributed by atoms with Gasteiger partial charge in [0, 0.05) is 0 Å². The van der Waals surface area contributed by atoms with Crippen molar-refractivity contribution in [3.05, 3.63) is 35.9 Å². The van der Waals surface area contributed by atoms with Gasteiger partial charge in [-0.2, -0.15) is 0 Å². The lowest BCUT2D eigenvalue weighted by Crippen LogP contribution is -2.46. The highest BCUT2D eigenvalue weighted by Gasteiger charge is 2.19. The highest BCUT2D eigenvalue weighted by Crippen LogP contribution is 2.03. The fourth-order valence-electron chi connectivity index (χ4n) is 1.53. The van der Waals surface area contributed by atoms with Crippen molar-refractivity contribution in [2.75, 3.05) is 19.8 Å². The van der Waals surface area contributed by atoms with Crippen LogP contribution in [0.4, 0.5) is 4.79 Å². The molecule has 1 amide bonds. The maximum absolute atomic E-state index is 10.5. The van der Waals surface area contributed by atoms with Crippen LogP contribution in [0.3, 0.4) is 0 Å². The average molecular weight is 267 g/mol. The van der Waals surface area contributed by atoms with E-state index in [1.165, 1.54) is 0 Å². The molecule has 5 nitrogen and oxygen atoms in total. The molecule has 106 valence electrons.